The van der Waals surface area contributed by atoms with E-state index in [1.165, 1.54) is 9.88 Å². The Hall–Kier alpha value is -1.14. The third kappa shape index (κ3) is 3.93. The van der Waals surface area contributed by atoms with Crippen LogP contribution in [0.5, 0.6) is 0 Å². The van der Waals surface area contributed by atoms with Crippen LogP contribution < -0.4 is 10.6 Å². The van der Waals surface area contributed by atoms with Gasteiger partial charge in [0.25, 0.3) is 0 Å². The van der Waals surface area contributed by atoms with Crippen LogP contribution in [-0.4, -0.2) is 44.3 Å². The molecule has 1 aliphatic rings. The first-order valence-corrected chi connectivity index (χ1v) is 7.79. The van der Waals surface area contributed by atoms with Crippen LogP contribution in [0, 0.1) is 19.3 Å². The van der Waals surface area contributed by atoms with Gasteiger partial charge in [0, 0.05) is 36.9 Å². The summed E-state index contributed by atoms with van der Waals surface area (Å²) in [6, 6.07) is 0. The Balaban J connectivity index is 1.71. The first kappa shape index (κ1) is 15.3. The van der Waals surface area contributed by atoms with Gasteiger partial charge < -0.3 is 15.4 Å². The summed E-state index contributed by atoms with van der Waals surface area (Å²) in [6.45, 7) is 9.79. The van der Waals surface area contributed by atoms with Crippen molar-refractivity contribution < 1.29 is 4.74 Å². The predicted molar refractivity (Wildman–Crippen MR) is 83.6 cm³/mol. The first-order valence-electron chi connectivity index (χ1n) is 6.97. The number of nitrogens with one attached hydrogen (secondary N) is 2. The second-order valence-electron chi connectivity index (χ2n) is 5.66. The Morgan fingerprint density at radius 2 is 2.15 bits per heavy atom. The van der Waals surface area contributed by atoms with Crippen molar-refractivity contribution in [1.82, 2.24) is 15.6 Å². The monoisotopic (exact) mass is 296 g/mol. The normalized spacial score (nSPS) is 17.7. The van der Waals surface area contributed by atoms with Crippen molar-refractivity contribution in [3.8, 4) is 0 Å². The highest BCUT2D eigenvalue weighted by Crippen LogP contribution is 2.24. The molecule has 0 radical (unpaired) electrons. The zero-order valence-electron chi connectivity index (χ0n) is 12.7. The quantitative estimate of drug-likeness (QED) is 0.639. The van der Waals surface area contributed by atoms with Crippen LogP contribution in [-0.2, 0) is 11.2 Å². The minimum Gasteiger partial charge on any atom is -0.380 e. The molecule has 0 bridgehead atoms. The Morgan fingerprint density at radius 3 is 2.65 bits per heavy atom. The van der Waals surface area contributed by atoms with Gasteiger partial charge >= 0.3 is 0 Å². The van der Waals surface area contributed by atoms with Crippen molar-refractivity contribution in [2.75, 3.05) is 33.4 Å². The van der Waals surface area contributed by atoms with Gasteiger partial charge in [-0.25, -0.2) is 4.98 Å². The van der Waals surface area contributed by atoms with Gasteiger partial charge in [-0.05, 0) is 13.8 Å². The number of aliphatic imine (C=N–C) groups is 1. The molecule has 0 amide bonds. The number of aromatic nitrogens is 1. The number of guanidine groups is 1. The van der Waals surface area contributed by atoms with Gasteiger partial charge in [-0.2, -0.15) is 0 Å². The van der Waals surface area contributed by atoms with E-state index in [-0.39, 0.29) is 5.41 Å². The third-order valence-electron chi connectivity index (χ3n) is 3.51. The lowest BCUT2D eigenvalue weighted by molar-refractivity contribution is -0.0971. The van der Waals surface area contributed by atoms with E-state index in [9.17, 15) is 0 Å². The zero-order valence-corrected chi connectivity index (χ0v) is 13.6. The van der Waals surface area contributed by atoms with Gasteiger partial charge in [-0.3, -0.25) is 4.99 Å². The number of hydrogen-bond donors (Lipinski definition) is 2. The Labute approximate surface area is 124 Å². The van der Waals surface area contributed by atoms with Crippen LogP contribution >= 0.6 is 11.3 Å². The maximum atomic E-state index is 5.25. The van der Waals surface area contributed by atoms with Gasteiger partial charge in [0.2, 0.25) is 0 Å². The second kappa shape index (κ2) is 6.54. The molecule has 20 heavy (non-hydrogen) atoms. The summed E-state index contributed by atoms with van der Waals surface area (Å²) in [7, 11) is 1.80. The molecule has 5 nitrogen and oxygen atoms in total. The Kier molecular flexibility index (Phi) is 4.99. The van der Waals surface area contributed by atoms with Crippen LogP contribution in [0.1, 0.15) is 22.5 Å². The van der Waals surface area contributed by atoms with Gasteiger partial charge in [-0.15, -0.1) is 11.3 Å². The zero-order chi connectivity index (χ0) is 14.6. The standard InChI is InChI=1S/C14H24N4OS/c1-10-11(2)20-12(18-10)5-6-16-13(15-4)17-7-14(3)8-19-9-14/h5-9H2,1-4H3,(H2,15,16,17). The molecular formula is C14H24N4OS. The van der Waals surface area contributed by atoms with Crippen LogP contribution in [0.3, 0.4) is 0 Å². The number of nitrogens with zero attached hydrogens (tertiary/aromatic N) is 2. The van der Waals surface area contributed by atoms with Crippen molar-refractivity contribution in [3.05, 3.63) is 15.6 Å². The van der Waals surface area contributed by atoms with E-state index in [0.717, 1.165) is 44.4 Å². The van der Waals surface area contributed by atoms with Crippen LogP contribution in [0.25, 0.3) is 0 Å². The molecule has 2 rings (SSSR count). The fraction of sp³-hybridized carbons (Fsp3) is 0.714. The van der Waals surface area contributed by atoms with E-state index in [1.54, 1.807) is 18.4 Å². The lowest BCUT2D eigenvalue weighted by Gasteiger charge is -2.38. The molecule has 2 N–H and O–H groups in total. The summed E-state index contributed by atoms with van der Waals surface area (Å²) in [4.78, 5) is 10.1. The van der Waals surface area contributed by atoms with E-state index in [0.29, 0.717) is 0 Å². The number of hydrogen-bond acceptors (Lipinski definition) is 4. The smallest absolute Gasteiger partial charge is 0.191 e. The molecule has 1 aliphatic heterocycles. The average molecular weight is 296 g/mol. The average Bonchev–Trinajstić information content (AvgIpc) is 2.70. The van der Waals surface area contributed by atoms with Crippen molar-refractivity contribution in [2.45, 2.75) is 27.2 Å². The first-order chi connectivity index (χ1) is 9.52. The highest BCUT2D eigenvalue weighted by molar-refractivity contribution is 7.11. The molecule has 1 aromatic heterocycles. The molecule has 6 heteroatoms. The van der Waals surface area contributed by atoms with Crippen LogP contribution in [0.15, 0.2) is 4.99 Å². The van der Waals surface area contributed by atoms with E-state index in [2.05, 4.69) is 41.4 Å². The molecule has 0 aromatic carbocycles. The van der Waals surface area contributed by atoms with E-state index in [4.69, 9.17) is 4.74 Å². The second-order valence-corrected chi connectivity index (χ2v) is 6.94. The Morgan fingerprint density at radius 1 is 1.40 bits per heavy atom. The minimum atomic E-state index is 0.251. The fourth-order valence-electron chi connectivity index (χ4n) is 2.00. The molecule has 0 unspecified atom stereocenters. The predicted octanol–water partition coefficient (Wildman–Crippen LogP) is 1.50. The molecule has 0 spiro atoms. The van der Waals surface area contributed by atoms with Gasteiger partial charge in [-0.1, -0.05) is 6.92 Å². The highest BCUT2D eigenvalue weighted by atomic mass is 32.1. The molecule has 1 aromatic rings. The molecule has 0 aliphatic carbocycles. The number of rotatable bonds is 5. The van der Waals surface area contributed by atoms with Gasteiger partial charge in [0.05, 0.1) is 23.9 Å². The number of ether oxygens (including phenoxy) is 1. The third-order valence-corrected chi connectivity index (χ3v) is 4.64. The lowest BCUT2D eigenvalue weighted by atomic mass is 9.89. The van der Waals surface area contributed by atoms with Crippen molar-refractivity contribution in [2.24, 2.45) is 10.4 Å². The summed E-state index contributed by atoms with van der Waals surface area (Å²) in [5.41, 5.74) is 1.40. The number of aryl methyl sites for hydroxylation is 2. The van der Waals surface area contributed by atoms with Crippen molar-refractivity contribution in [1.29, 1.82) is 0 Å². The van der Waals surface area contributed by atoms with Crippen molar-refractivity contribution in [3.63, 3.8) is 0 Å². The molecular weight excluding hydrogens is 272 g/mol. The largest absolute Gasteiger partial charge is 0.380 e. The fourth-order valence-corrected chi connectivity index (χ4v) is 2.94. The topological polar surface area (TPSA) is 58.5 Å². The molecule has 2 heterocycles. The highest BCUT2D eigenvalue weighted by Gasteiger charge is 2.33. The molecule has 1 saturated heterocycles. The van der Waals surface area contributed by atoms with E-state index in [1.807, 2.05) is 0 Å². The summed E-state index contributed by atoms with van der Waals surface area (Å²) >= 11 is 1.78. The van der Waals surface area contributed by atoms with Gasteiger partial charge in [0.1, 0.15) is 0 Å². The van der Waals surface area contributed by atoms with E-state index < -0.39 is 0 Å². The van der Waals surface area contributed by atoms with E-state index >= 15 is 0 Å². The maximum absolute atomic E-state index is 5.25. The SMILES string of the molecule is CN=C(NCCc1nc(C)c(C)s1)NCC1(C)COC1. The summed E-state index contributed by atoms with van der Waals surface area (Å²) in [5, 5.41) is 7.87. The van der Waals surface area contributed by atoms with Crippen LogP contribution in [0.2, 0.25) is 0 Å². The summed E-state index contributed by atoms with van der Waals surface area (Å²) in [6.07, 6.45) is 0.931. The molecule has 0 atom stereocenters. The summed E-state index contributed by atoms with van der Waals surface area (Å²) < 4.78 is 5.25. The summed E-state index contributed by atoms with van der Waals surface area (Å²) in [5.74, 6) is 0.850. The minimum absolute atomic E-state index is 0.251. The van der Waals surface area contributed by atoms with Gasteiger partial charge in [0.15, 0.2) is 5.96 Å². The molecule has 1 fully saturated rings. The Bertz CT molecular complexity index is 460. The number of thiazole rings is 1. The lowest BCUT2D eigenvalue weighted by Crippen LogP contribution is -2.51. The van der Waals surface area contributed by atoms with Crippen LogP contribution in [0.4, 0.5) is 0 Å². The maximum Gasteiger partial charge on any atom is 0.191 e. The molecule has 112 valence electrons. The van der Waals surface area contributed by atoms with Crippen molar-refractivity contribution >= 4 is 17.3 Å². The molecule has 0 saturated carbocycles.